The Labute approximate surface area is 134 Å². The van der Waals surface area contributed by atoms with Crippen LogP contribution in [-0.4, -0.2) is 12.5 Å². The van der Waals surface area contributed by atoms with Crippen LogP contribution >= 0.6 is 23.2 Å². The summed E-state index contributed by atoms with van der Waals surface area (Å²) in [4.78, 5) is 12.2. The van der Waals surface area contributed by atoms with Crippen LogP contribution in [-0.2, 0) is 0 Å². The quantitative estimate of drug-likeness (QED) is 0.832. The summed E-state index contributed by atoms with van der Waals surface area (Å²) in [5.74, 6) is -0.181. The van der Waals surface area contributed by atoms with E-state index in [1.54, 1.807) is 24.3 Å². The predicted molar refractivity (Wildman–Crippen MR) is 89.8 cm³/mol. The van der Waals surface area contributed by atoms with Crippen LogP contribution in [0.2, 0.25) is 10.0 Å². The van der Waals surface area contributed by atoms with Gasteiger partial charge in [-0.3, -0.25) is 4.79 Å². The van der Waals surface area contributed by atoms with Crippen molar-refractivity contribution in [3.63, 3.8) is 0 Å². The van der Waals surface area contributed by atoms with Crippen LogP contribution in [0.25, 0.3) is 0 Å². The van der Waals surface area contributed by atoms with E-state index in [1.807, 2.05) is 26.0 Å². The second-order valence-electron chi connectivity index (χ2n) is 4.64. The average molecular weight is 323 g/mol. The molecule has 2 aromatic rings. The number of carbonyl (C=O) groups is 1. The number of benzene rings is 2. The molecule has 3 nitrogen and oxygen atoms in total. The Hall–Kier alpha value is -1.71. The second kappa shape index (κ2) is 6.83. The zero-order chi connectivity index (χ0) is 15.4. The van der Waals surface area contributed by atoms with Crippen molar-refractivity contribution in [2.24, 2.45) is 0 Å². The number of hydrogen-bond acceptors (Lipinski definition) is 2. The highest BCUT2D eigenvalue weighted by Gasteiger charge is 2.09. The first-order valence-corrected chi connectivity index (χ1v) is 7.37. The van der Waals surface area contributed by atoms with Gasteiger partial charge in [-0.1, -0.05) is 23.2 Å². The van der Waals surface area contributed by atoms with E-state index >= 15 is 0 Å². The minimum absolute atomic E-state index is 0.181. The fraction of sp³-hybridized carbons (Fsp3) is 0.188. The van der Waals surface area contributed by atoms with Gasteiger partial charge in [0.1, 0.15) is 0 Å². The van der Waals surface area contributed by atoms with Gasteiger partial charge in [-0.15, -0.1) is 0 Å². The van der Waals surface area contributed by atoms with Crippen LogP contribution in [0.4, 0.5) is 11.4 Å². The number of carbonyl (C=O) groups excluding carboxylic acids is 1. The van der Waals surface area contributed by atoms with Gasteiger partial charge in [-0.05, 0) is 55.8 Å². The van der Waals surface area contributed by atoms with Crippen molar-refractivity contribution in [2.45, 2.75) is 13.8 Å². The maximum Gasteiger partial charge on any atom is 0.255 e. The van der Waals surface area contributed by atoms with Crippen LogP contribution in [0.15, 0.2) is 36.4 Å². The first-order valence-electron chi connectivity index (χ1n) is 6.62. The Balaban J connectivity index is 2.16. The smallest absolute Gasteiger partial charge is 0.255 e. The Bertz CT molecular complexity index is 671. The lowest BCUT2D eigenvalue weighted by atomic mass is 10.1. The summed E-state index contributed by atoms with van der Waals surface area (Å²) in [5.41, 5.74) is 3.27. The minimum Gasteiger partial charge on any atom is -0.385 e. The highest BCUT2D eigenvalue weighted by molar-refractivity contribution is 6.42. The lowest BCUT2D eigenvalue weighted by molar-refractivity contribution is 0.102. The summed E-state index contributed by atoms with van der Waals surface area (Å²) in [7, 11) is 0. The lowest BCUT2D eigenvalue weighted by Gasteiger charge is -2.10. The van der Waals surface area contributed by atoms with Gasteiger partial charge in [0.25, 0.3) is 5.91 Å². The van der Waals surface area contributed by atoms with E-state index in [0.29, 0.717) is 21.3 Å². The molecule has 2 aromatic carbocycles. The summed E-state index contributed by atoms with van der Waals surface area (Å²) in [6.07, 6.45) is 0. The summed E-state index contributed by atoms with van der Waals surface area (Å²) in [6.45, 7) is 4.84. The molecule has 0 aromatic heterocycles. The predicted octanol–water partition coefficient (Wildman–Crippen LogP) is 4.99. The molecule has 0 atom stereocenters. The number of nitrogens with one attached hydrogen (secondary N) is 2. The van der Waals surface area contributed by atoms with Crippen LogP contribution in [0.1, 0.15) is 22.8 Å². The van der Waals surface area contributed by atoms with Crippen molar-refractivity contribution in [3.05, 3.63) is 57.6 Å². The molecule has 0 fully saturated rings. The largest absolute Gasteiger partial charge is 0.385 e. The molecule has 0 aliphatic heterocycles. The molecule has 5 heteroatoms. The van der Waals surface area contributed by atoms with Gasteiger partial charge in [0.05, 0.1) is 10.0 Å². The standard InChI is InChI=1S/C16H16Cl2N2O/c1-3-19-15-7-4-11(8-10(15)2)16(21)20-12-5-6-13(17)14(18)9-12/h4-9,19H,3H2,1-2H3,(H,20,21). The molecule has 0 saturated carbocycles. The number of amides is 1. The molecule has 2 N–H and O–H groups in total. The molecule has 0 unspecified atom stereocenters. The number of halogens is 2. The van der Waals surface area contributed by atoms with Gasteiger partial charge in [-0.25, -0.2) is 0 Å². The first kappa shape index (κ1) is 15.7. The molecular weight excluding hydrogens is 307 g/mol. The number of rotatable bonds is 4. The summed E-state index contributed by atoms with van der Waals surface area (Å²) in [5, 5.41) is 6.91. The Morgan fingerprint density at radius 3 is 2.48 bits per heavy atom. The number of aryl methyl sites for hydroxylation is 1. The van der Waals surface area contributed by atoms with Crippen LogP contribution in [0.3, 0.4) is 0 Å². The van der Waals surface area contributed by atoms with E-state index in [9.17, 15) is 4.79 Å². The Kier molecular flexibility index (Phi) is 5.10. The Morgan fingerprint density at radius 1 is 1.10 bits per heavy atom. The van der Waals surface area contributed by atoms with E-state index in [2.05, 4.69) is 10.6 Å². The van der Waals surface area contributed by atoms with Gasteiger partial charge in [-0.2, -0.15) is 0 Å². The number of anilines is 2. The summed E-state index contributed by atoms with van der Waals surface area (Å²) < 4.78 is 0. The molecule has 1 amide bonds. The molecule has 2 rings (SSSR count). The molecule has 0 bridgehead atoms. The molecule has 0 spiro atoms. The third-order valence-corrected chi connectivity index (χ3v) is 3.77. The van der Waals surface area contributed by atoms with Gasteiger partial charge < -0.3 is 10.6 Å². The third-order valence-electron chi connectivity index (χ3n) is 3.03. The topological polar surface area (TPSA) is 41.1 Å². The van der Waals surface area contributed by atoms with Crippen molar-refractivity contribution in [1.82, 2.24) is 0 Å². The minimum atomic E-state index is -0.181. The fourth-order valence-corrected chi connectivity index (χ4v) is 2.27. The van der Waals surface area contributed by atoms with Gasteiger partial charge >= 0.3 is 0 Å². The second-order valence-corrected chi connectivity index (χ2v) is 5.46. The van der Waals surface area contributed by atoms with E-state index in [4.69, 9.17) is 23.2 Å². The molecule has 0 radical (unpaired) electrons. The van der Waals surface area contributed by atoms with Crippen LogP contribution in [0, 0.1) is 6.92 Å². The van der Waals surface area contributed by atoms with Crippen molar-refractivity contribution < 1.29 is 4.79 Å². The maximum absolute atomic E-state index is 12.2. The van der Waals surface area contributed by atoms with Crippen molar-refractivity contribution in [3.8, 4) is 0 Å². The summed E-state index contributed by atoms with van der Waals surface area (Å²) in [6, 6.07) is 10.5. The molecule has 110 valence electrons. The third kappa shape index (κ3) is 3.90. The van der Waals surface area contributed by atoms with E-state index in [0.717, 1.165) is 17.8 Å². The highest BCUT2D eigenvalue weighted by Crippen LogP contribution is 2.25. The lowest BCUT2D eigenvalue weighted by Crippen LogP contribution is -2.12. The van der Waals surface area contributed by atoms with E-state index in [-0.39, 0.29) is 5.91 Å². The zero-order valence-corrected chi connectivity index (χ0v) is 13.3. The van der Waals surface area contributed by atoms with E-state index in [1.165, 1.54) is 0 Å². The van der Waals surface area contributed by atoms with Crippen LogP contribution in [0.5, 0.6) is 0 Å². The zero-order valence-electron chi connectivity index (χ0n) is 11.8. The normalized spacial score (nSPS) is 10.3. The molecule has 21 heavy (non-hydrogen) atoms. The van der Waals surface area contributed by atoms with Crippen molar-refractivity contribution >= 4 is 40.5 Å². The highest BCUT2D eigenvalue weighted by atomic mass is 35.5. The van der Waals surface area contributed by atoms with E-state index < -0.39 is 0 Å². The fourth-order valence-electron chi connectivity index (χ4n) is 1.97. The van der Waals surface area contributed by atoms with Gasteiger partial charge in [0.2, 0.25) is 0 Å². The van der Waals surface area contributed by atoms with Gasteiger partial charge in [0.15, 0.2) is 0 Å². The van der Waals surface area contributed by atoms with Gasteiger partial charge in [0, 0.05) is 23.5 Å². The molecule has 0 heterocycles. The first-order chi connectivity index (χ1) is 10.0. The SMILES string of the molecule is CCNc1ccc(C(=O)Nc2ccc(Cl)c(Cl)c2)cc1C. The maximum atomic E-state index is 12.2. The molecule has 0 aliphatic rings. The Morgan fingerprint density at radius 2 is 1.86 bits per heavy atom. The molecule has 0 saturated heterocycles. The van der Waals surface area contributed by atoms with Crippen molar-refractivity contribution in [2.75, 3.05) is 17.2 Å². The van der Waals surface area contributed by atoms with Crippen LogP contribution < -0.4 is 10.6 Å². The monoisotopic (exact) mass is 322 g/mol. The average Bonchev–Trinajstić information content (AvgIpc) is 2.45. The molecule has 0 aliphatic carbocycles. The van der Waals surface area contributed by atoms with Crippen molar-refractivity contribution in [1.29, 1.82) is 0 Å². The number of hydrogen-bond donors (Lipinski definition) is 2. The molecular formula is C16H16Cl2N2O. The summed E-state index contributed by atoms with van der Waals surface area (Å²) >= 11 is 11.8.